The molecular weight excluding hydrogens is 576 g/mol. The number of thiophene rings is 1. The third-order valence-electron chi connectivity index (χ3n) is 7.55. The second-order valence-corrected chi connectivity index (χ2v) is 14.8. The number of nitrogens with zero attached hydrogens (tertiary/aromatic N) is 5. The van der Waals surface area contributed by atoms with Crippen molar-refractivity contribution in [3.63, 3.8) is 0 Å². The van der Waals surface area contributed by atoms with Gasteiger partial charge >= 0.3 is 0 Å². The van der Waals surface area contributed by atoms with Crippen molar-refractivity contribution < 1.29 is 22.5 Å². The van der Waals surface area contributed by atoms with Crippen LogP contribution in [0.2, 0.25) is 4.34 Å². The number of nitrogens with one attached hydrogen (secondary N) is 1. The summed E-state index contributed by atoms with van der Waals surface area (Å²) in [5, 5.41) is 11.1. The van der Waals surface area contributed by atoms with Gasteiger partial charge in [0.1, 0.15) is 11.4 Å². The zero-order valence-corrected chi connectivity index (χ0v) is 25.1. The number of carbonyl (C=O) groups is 2. The van der Waals surface area contributed by atoms with Gasteiger partial charge in [-0.05, 0) is 45.2 Å². The molecule has 2 aliphatic heterocycles. The Bertz CT molecular complexity index is 1490. The minimum Gasteiger partial charge on any atom is -0.355 e. The summed E-state index contributed by atoms with van der Waals surface area (Å²) in [4.78, 5) is 31.5. The van der Waals surface area contributed by atoms with Crippen molar-refractivity contribution in [1.29, 1.82) is 0 Å². The first-order valence-electron chi connectivity index (χ1n) is 13.3. The van der Waals surface area contributed by atoms with Gasteiger partial charge in [-0.25, -0.2) is 8.42 Å². The molecule has 3 aromatic rings. The third kappa shape index (κ3) is 6.42. The average molecular weight is 609 g/mol. The fourth-order valence-corrected chi connectivity index (χ4v) is 7.14. The molecule has 1 unspecified atom stereocenters. The number of halogens is 1. The van der Waals surface area contributed by atoms with E-state index in [0.717, 1.165) is 30.8 Å². The van der Waals surface area contributed by atoms with Gasteiger partial charge in [0.2, 0.25) is 0 Å². The van der Waals surface area contributed by atoms with Gasteiger partial charge in [-0.2, -0.15) is 5.10 Å². The predicted octanol–water partition coefficient (Wildman–Crippen LogP) is 3.16. The molecule has 14 heteroatoms. The lowest BCUT2D eigenvalue weighted by Gasteiger charge is -2.34. The quantitative estimate of drug-likeness (QED) is 0.413. The van der Waals surface area contributed by atoms with Gasteiger partial charge < -0.3 is 19.6 Å². The maximum absolute atomic E-state index is 13.6. The Balaban J connectivity index is 1.36. The molecule has 2 saturated heterocycles. The number of aromatic nitrogens is 3. The smallest absolute Gasteiger partial charge is 0.272 e. The van der Waals surface area contributed by atoms with Crippen molar-refractivity contribution in [2.24, 2.45) is 0 Å². The van der Waals surface area contributed by atoms with Crippen LogP contribution in [0.4, 0.5) is 0 Å². The third-order valence-corrected chi connectivity index (χ3v) is 10.4. The summed E-state index contributed by atoms with van der Waals surface area (Å²) >= 11 is 7.41. The summed E-state index contributed by atoms with van der Waals surface area (Å²) in [5.41, 5.74) is 0.833. The lowest BCUT2D eigenvalue weighted by atomic mass is 10.0. The van der Waals surface area contributed by atoms with Crippen molar-refractivity contribution >= 4 is 44.6 Å². The lowest BCUT2D eigenvalue weighted by Crippen LogP contribution is -2.46. The molecule has 2 fully saturated rings. The van der Waals surface area contributed by atoms with Crippen molar-refractivity contribution in [3.8, 4) is 10.6 Å². The SMILES string of the molecule is CC(C)N1CCC(NC(=O)c2cc(C(=O)N3CCC(S(C)(=O)=O)C3)n(Cc3cc(-c4ccc(Cl)s4)on3)n2)CC1. The van der Waals surface area contributed by atoms with Gasteiger partial charge in [-0.1, -0.05) is 16.8 Å². The molecule has 40 heavy (non-hydrogen) atoms. The second-order valence-electron chi connectivity index (χ2n) is 10.7. The van der Waals surface area contributed by atoms with E-state index in [4.69, 9.17) is 16.1 Å². The number of hydrogen-bond acceptors (Lipinski definition) is 9. The van der Waals surface area contributed by atoms with Crippen LogP contribution in [-0.4, -0.2) is 94.7 Å². The minimum absolute atomic E-state index is 0.0246. The first-order chi connectivity index (χ1) is 19.0. The molecular formula is C26H33ClN6O5S2. The number of rotatable bonds is 8. The molecule has 2 aliphatic rings. The van der Waals surface area contributed by atoms with Crippen LogP contribution in [0.15, 0.2) is 28.8 Å². The van der Waals surface area contributed by atoms with E-state index in [0.29, 0.717) is 34.8 Å². The number of sulfone groups is 1. The van der Waals surface area contributed by atoms with Crippen LogP contribution < -0.4 is 5.32 Å². The molecule has 0 aromatic carbocycles. The van der Waals surface area contributed by atoms with Gasteiger partial charge in [0.05, 0.1) is 21.0 Å². The van der Waals surface area contributed by atoms with E-state index in [1.165, 1.54) is 33.2 Å². The molecule has 1 N–H and O–H groups in total. The molecule has 1 atom stereocenters. The van der Waals surface area contributed by atoms with E-state index in [1.807, 2.05) is 6.07 Å². The summed E-state index contributed by atoms with van der Waals surface area (Å²) in [5.74, 6) is -0.190. The van der Waals surface area contributed by atoms with Crippen molar-refractivity contribution in [1.82, 2.24) is 30.1 Å². The molecule has 216 valence electrons. The first-order valence-corrected chi connectivity index (χ1v) is 16.4. The van der Waals surface area contributed by atoms with Crippen LogP contribution in [0.25, 0.3) is 10.6 Å². The van der Waals surface area contributed by atoms with Crippen molar-refractivity contribution in [2.75, 3.05) is 32.4 Å². The number of piperidine rings is 1. The van der Waals surface area contributed by atoms with E-state index < -0.39 is 15.1 Å². The summed E-state index contributed by atoms with van der Waals surface area (Å²) in [7, 11) is -3.28. The number of amides is 2. The highest BCUT2D eigenvalue weighted by molar-refractivity contribution is 7.91. The lowest BCUT2D eigenvalue weighted by molar-refractivity contribution is 0.0780. The van der Waals surface area contributed by atoms with Gasteiger partial charge in [0.25, 0.3) is 11.8 Å². The molecule has 0 radical (unpaired) electrons. The monoisotopic (exact) mass is 608 g/mol. The molecule has 5 rings (SSSR count). The topological polar surface area (TPSA) is 131 Å². The van der Waals surface area contributed by atoms with Crippen LogP contribution >= 0.6 is 22.9 Å². The van der Waals surface area contributed by atoms with Crippen LogP contribution in [0.1, 0.15) is 59.8 Å². The number of hydrogen-bond donors (Lipinski definition) is 1. The highest BCUT2D eigenvalue weighted by Crippen LogP contribution is 2.31. The van der Waals surface area contributed by atoms with Crippen molar-refractivity contribution in [3.05, 3.63) is 45.7 Å². The standard InChI is InChI=1S/C26H33ClN6O5S2/c1-16(2)31-9-6-17(7-10-31)28-25(34)20-13-21(26(35)32-11-8-19(15-32)40(3,36)37)33(29-20)14-18-12-22(38-30-18)23-4-5-24(27)39-23/h4-5,12-13,16-17,19H,6-11,14-15H2,1-3H3,(H,28,34). The van der Waals surface area contributed by atoms with E-state index in [-0.39, 0.29) is 42.3 Å². The molecule has 3 aromatic heterocycles. The van der Waals surface area contributed by atoms with Crippen LogP contribution in [-0.2, 0) is 16.4 Å². The van der Waals surface area contributed by atoms with Gasteiger partial charge in [0, 0.05) is 56.7 Å². The Hall–Kier alpha value is -2.74. The minimum atomic E-state index is -3.28. The maximum Gasteiger partial charge on any atom is 0.272 e. The predicted molar refractivity (Wildman–Crippen MR) is 153 cm³/mol. The highest BCUT2D eigenvalue weighted by atomic mass is 35.5. The Morgan fingerprint density at radius 1 is 1.18 bits per heavy atom. The Morgan fingerprint density at radius 2 is 1.93 bits per heavy atom. The van der Waals surface area contributed by atoms with E-state index in [1.54, 1.807) is 12.1 Å². The fraction of sp³-hybridized carbons (Fsp3) is 0.538. The Labute approximate surface area is 242 Å². The fourth-order valence-electron chi connectivity index (χ4n) is 5.17. The average Bonchev–Trinajstić information content (AvgIpc) is 3.70. The molecule has 2 amide bonds. The molecule has 11 nitrogen and oxygen atoms in total. The van der Waals surface area contributed by atoms with Gasteiger partial charge in [-0.15, -0.1) is 11.3 Å². The van der Waals surface area contributed by atoms with Crippen LogP contribution in [0.3, 0.4) is 0 Å². The molecule has 0 spiro atoms. The van der Waals surface area contributed by atoms with Crippen LogP contribution in [0, 0.1) is 0 Å². The summed E-state index contributed by atoms with van der Waals surface area (Å²) in [6, 6.07) is 7.31. The maximum atomic E-state index is 13.6. The first kappa shape index (κ1) is 28.8. The molecule has 0 saturated carbocycles. The largest absolute Gasteiger partial charge is 0.355 e. The molecule has 5 heterocycles. The number of likely N-dealkylation sites (tertiary alicyclic amines) is 2. The second kappa shape index (κ2) is 11.6. The number of carbonyl (C=O) groups excluding carboxylic acids is 2. The van der Waals surface area contributed by atoms with Crippen molar-refractivity contribution in [2.45, 2.75) is 57.0 Å². The van der Waals surface area contributed by atoms with E-state index in [9.17, 15) is 18.0 Å². The van der Waals surface area contributed by atoms with E-state index in [2.05, 4.69) is 34.3 Å². The van der Waals surface area contributed by atoms with Crippen LogP contribution in [0.5, 0.6) is 0 Å². The normalized spacial score (nSPS) is 19.0. The van der Waals surface area contributed by atoms with E-state index >= 15 is 0 Å². The van der Waals surface area contributed by atoms with Gasteiger partial charge in [-0.3, -0.25) is 14.3 Å². The highest BCUT2D eigenvalue weighted by Gasteiger charge is 2.35. The summed E-state index contributed by atoms with van der Waals surface area (Å²) in [6.07, 6.45) is 3.24. The molecule has 0 aliphatic carbocycles. The molecule has 0 bridgehead atoms. The zero-order valence-electron chi connectivity index (χ0n) is 22.7. The summed E-state index contributed by atoms with van der Waals surface area (Å²) in [6.45, 7) is 6.64. The van der Waals surface area contributed by atoms with Gasteiger partial charge in [0.15, 0.2) is 21.3 Å². The Morgan fingerprint density at radius 3 is 2.55 bits per heavy atom. The summed E-state index contributed by atoms with van der Waals surface area (Å²) < 4.78 is 31.7. The zero-order chi connectivity index (χ0) is 28.6. The Kier molecular flexibility index (Phi) is 8.37.